The van der Waals surface area contributed by atoms with Gasteiger partial charge in [0.05, 0.1) is 81.3 Å². The van der Waals surface area contributed by atoms with E-state index in [0.717, 1.165) is 78.1 Å². The zero-order valence-electron chi connectivity index (χ0n) is 71.2. The summed E-state index contributed by atoms with van der Waals surface area (Å²) < 4.78 is 62.4. The van der Waals surface area contributed by atoms with E-state index >= 15 is 0 Å². The summed E-state index contributed by atoms with van der Waals surface area (Å²) in [5.41, 5.74) is 30.9. The molecule has 0 amide bonds. The monoisotopic (exact) mass is 1790 g/mol. The Morgan fingerprint density at radius 2 is 0.632 bits per heavy atom. The molecule has 16 rings (SSSR count). The van der Waals surface area contributed by atoms with Crippen molar-refractivity contribution in [3.05, 3.63) is 240 Å². The molecular formula is C102H139BrN4O18. The molecule has 3 heterocycles. The molecule has 6 aliphatic rings. The van der Waals surface area contributed by atoms with Crippen molar-refractivity contribution in [3.63, 3.8) is 0 Å². The average Bonchev–Trinajstić information content (AvgIpc) is 0.783. The molecule has 3 aliphatic heterocycles. The van der Waals surface area contributed by atoms with E-state index in [0.29, 0.717) is 32.5 Å². The highest BCUT2D eigenvalue weighted by atomic mass is 79.9. The largest absolute Gasteiger partial charge is 0.390 e. The van der Waals surface area contributed by atoms with Crippen LogP contribution in [0.25, 0.3) is 53.9 Å². The van der Waals surface area contributed by atoms with Gasteiger partial charge in [-0.2, -0.15) is 0 Å². The summed E-state index contributed by atoms with van der Waals surface area (Å²) in [6.07, 6.45) is -12.8. The summed E-state index contributed by atoms with van der Waals surface area (Å²) in [7, 11) is 0. The lowest BCUT2D eigenvalue weighted by Crippen LogP contribution is -2.68. The molecule has 0 aromatic heterocycles. The molecule has 6 fully saturated rings. The van der Waals surface area contributed by atoms with Crippen LogP contribution in [0.5, 0.6) is 0 Å². The van der Waals surface area contributed by atoms with Gasteiger partial charge in [0.25, 0.3) is 0 Å². The van der Waals surface area contributed by atoms with Gasteiger partial charge in [0.2, 0.25) is 0 Å². The molecule has 22 nitrogen and oxygen atoms in total. The fourth-order valence-electron chi connectivity index (χ4n) is 18.9. The summed E-state index contributed by atoms with van der Waals surface area (Å²) in [6.45, 7) is 17.1. The Kier molecular flexibility index (Phi) is 37.3. The first kappa shape index (κ1) is 100. The first-order valence-electron chi connectivity index (χ1n) is 43.6. The Morgan fingerprint density at radius 1 is 0.312 bits per heavy atom. The van der Waals surface area contributed by atoms with E-state index in [9.17, 15) is 40.9 Å². The van der Waals surface area contributed by atoms with Gasteiger partial charge in [-0.15, -0.1) is 0 Å². The van der Waals surface area contributed by atoms with Gasteiger partial charge in [-0.05, 0) is 137 Å². The van der Waals surface area contributed by atoms with Gasteiger partial charge >= 0.3 is 0 Å². The van der Waals surface area contributed by atoms with Crippen LogP contribution in [-0.2, 0) is 79.1 Å². The van der Waals surface area contributed by atoms with Crippen molar-refractivity contribution < 1.29 is 88.2 Å². The topological polar surface area (TPSA) is 358 Å². The van der Waals surface area contributed by atoms with Crippen LogP contribution >= 0.6 is 15.9 Å². The van der Waals surface area contributed by atoms with E-state index < -0.39 is 147 Å². The van der Waals surface area contributed by atoms with Gasteiger partial charge in [0.15, 0.2) is 18.9 Å². The number of aliphatic hydroxyl groups excluding tert-OH is 8. The highest BCUT2D eigenvalue weighted by Crippen LogP contribution is 2.42. The SMILES string of the molecule is BrCc1cccc2ccccc12.C.C.C.CCC1OC(OC2C(C)CC(C)C(O)C2O)C(C)C(O)C1O.CCC1OC(OC2C(C)CC(C)C(OCc3cccc4ccccc34)C2O)C(C)C(OCc2cccc3ccccc23)C1O.NCC1OC(OC2C(N)CC(N)C(OCc3cccc4ccccc34)C2O)C(N)C(OCc2cccc3ccccc23)C1O. The third kappa shape index (κ3) is 23.3. The molecule has 30 unspecified atom stereocenters. The molecule has 10 aromatic carbocycles. The van der Waals surface area contributed by atoms with Gasteiger partial charge in [-0.1, -0.05) is 306 Å². The molecule has 0 radical (unpaired) electrons. The second-order valence-electron chi connectivity index (χ2n) is 34.6. The van der Waals surface area contributed by atoms with Crippen LogP contribution in [0.15, 0.2) is 212 Å². The minimum atomic E-state index is -1.15. The van der Waals surface area contributed by atoms with Crippen LogP contribution in [0.1, 0.15) is 138 Å². The Labute approximate surface area is 747 Å². The summed E-state index contributed by atoms with van der Waals surface area (Å²) >= 11 is 3.48. The maximum atomic E-state index is 11.7. The quantitative estimate of drug-likeness (QED) is 0.0280. The van der Waals surface area contributed by atoms with Crippen LogP contribution in [0.2, 0.25) is 0 Å². The van der Waals surface area contributed by atoms with Gasteiger partial charge in [0, 0.05) is 35.8 Å². The normalized spacial score (nSPS) is 33.4. The molecular weight excluding hydrogens is 1650 g/mol. The van der Waals surface area contributed by atoms with Crippen molar-refractivity contribution in [3.8, 4) is 0 Å². The zero-order valence-corrected chi connectivity index (χ0v) is 72.7. The van der Waals surface area contributed by atoms with E-state index in [1.165, 1.54) is 21.7 Å². The number of aliphatic hydroxyl groups is 8. The lowest BCUT2D eigenvalue weighted by Gasteiger charge is -2.48. The van der Waals surface area contributed by atoms with E-state index in [2.05, 4.69) is 127 Å². The molecule has 0 bridgehead atoms. The lowest BCUT2D eigenvalue weighted by atomic mass is 9.77. The van der Waals surface area contributed by atoms with E-state index in [1.54, 1.807) is 6.92 Å². The standard InChI is InChI=1S/C38H46O6.C34H42N4O6.C16H30O6.C11H9Br.3CH4/c1-5-32-33(39)37(42-22-29-17-11-15-27-13-7-9-19-31(27)29)25(4)38(43-32)44-36-24(3)20-23(2)35(34(36)40)41-21-28-16-10-14-26-12-6-8-18-30(26)28;35-16-27-29(39)33(42-18-22-12-6-10-20-8-2-4-14-24(20)22)28(38)34(43-27)44-32-26(37)15-25(36)31(30(32)40)41-17-21-11-5-9-19-7-1-3-13-23(19)21;1-5-10-13(19)12(18)9(4)16(21-10)22-15-8(3)6-7(2)11(17)14(15)20;12-8-10-6-3-5-9-4-1-2-7-11(9)10;;;/h6-19,23-25,32-40H,5,20-22H2,1-4H3;1-14,25-34,39-40H,15-18,35-38H2;7-20H,5-6H2,1-4H3;1-7H,8H2;3*1H4. The lowest BCUT2D eigenvalue weighted by molar-refractivity contribution is -0.317. The van der Waals surface area contributed by atoms with E-state index in [1.807, 2.05) is 150 Å². The number of nitrogens with two attached hydrogens (primary N) is 4. The number of ether oxygens (including phenoxy) is 10. The maximum Gasteiger partial charge on any atom is 0.176 e. The van der Waals surface area contributed by atoms with E-state index in [4.69, 9.17) is 70.3 Å². The van der Waals surface area contributed by atoms with Crippen LogP contribution in [0.4, 0.5) is 0 Å². The molecule has 3 saturated heterocycles. The summed E-state index contributed by atoms with van der Waals surface area (Å²) in [4.78, 5) is 0. The van der Waals surface area contributed by atoms with Crippen molar-refractivity contribution in [2.24, 2.45) is 58.4 Å². The highest BCUT2D eigenvalue weighted by molar-refractivity contribution is 9.08. The molecule has 10 aromatic rings. The first-order chi connectivity index (χ1) is 58.9. The van der Waals surface area contributed by atoms with Gasteiger partial charge in [-0.25, -0.2) is 0 Å². The number of rotatable bonds is 22. The third-order valence-electron chi connectivity index (χ3n) is 26.1. The third-order valence-corrected chi connectivity index (χ3v) is 26.7. The maximum absolute atomic E-state index is 11.7. The second-order valence-corrected chi connectivity index (χ2v) is 35.1. The highest BCUT2D eigenvalue weighted by Gasteiger charge is 2.53. The van der Waals surface area contributed by atoms with Crippen LogP contribution in [0, 0.1) is 35.5 Å². The fraction of sp³-hybridized carbons (Fsp3) is 0.510. The predicted molar refractivity (Wildman–Crippen MR) is 498 cm³/mol. The number of benzene rings is 10. The number of fused-ring (bicyclic) bond motifs is 5. The summed E-state index contributed by atoms with van der Waals surface area (Å²) in [5.74, 6) is -0.291. The summed E-state index contributed by atoms with van der Waals surface area (Å²) in [6, 6.07) is 69.9. The van der Waals surface area contributed by atoms with Gasteiger partial charge in [-0.3, -0.25) is 0 Å². The van der Waals surface area contributed by atoms with Crippen LogP contribution in [-0.4, -0.2) is 194 Å². The van der Waals surface area contributed by atoms with Crippen LogP contribution < -0.4 is 22.9 Å². The molecule has 3 aliphatic carbocycles. The minimum Gasteiger partial charge on any atom is -0.390 e. The van der Waals surface area contributed by atoms with Crippen molar-refractivity contribution in [2.75, 3.05) is 6.54 Å². The average molecular weight is 1790 g/mol. The smallest absolute Gasteiger partial charge is 0.176 e. The zero-order chi connectivity index (χ0) is 86.6. The first-order valence-corrected chi connectivity index (χ1v) is 44.7. The molecule has 3 saturated carbocycles. The molecule has 16 N–H and O–H groups in total. The van der Waals surface area contributed by atoms with E-state index in [-0.39, 0.29) is 77.7 Å². The molecule has 23 heteroatoms. The number of halogens is 1. The molecule has 0 spiro atoms. The molecule has 30 atom stereocenters. The minimum absolute atomic E-state index is 0. The Bertz CT molecular complexity index is 4700. The number of hydrogen-bond donors (Lipinski definition) is 12. The van der Waals surface area contributed by atoms with Gasteiger partial charge in [0.1, 0.15) is 61.0 Å². The Morgan fingerprint density at radius 3 is 1.06 bits per heavy atom. The Hall–Kier alpha value is -6.90. The van der Waals surface area contributed by atoms with Crippen molar-refractivity contribution >= 4 is 69.8 Å². The fourth-order valence-corrected chi connectivity index (χ4v) is 19.4. The number of alkyl halides is 1. The predicted octanol–water partition coefficient (Wildman–Crippen LogP) is 14.6. The second kappa shape index (κ2) is 46.6. The van der Waals surface area contributed by atoms with Crippen molar-refractivity contribution in [2.45, 2.75) is 288 Å². The van der Waals surface area contributed by atoms with Crippen LogP contribution in [0.3, 0.4) is 0 Å². The van der Waals surface area contributed by atoms with Crippen molar-refractivity contribution in [1.29, 1.82) is 0 Å². The molecule has 682 valence electrons. The van der Waals surface area contributed by atoms with Crippen molar-refractivity contribution in [1.82, 2.24) is 0 Å². The summed E-state index contributed by atoms with van der Waals surface area (Å²) in [5, 5.41) is 98.5. The van der Waals surface area contributed by atoms with Gasteiger partial charge < -0.3 is 111 Å². The Balaban J connectivity index is 0.000000189. The molecule has 125 heavy (non-hydrogen) atoms. The number of hydrogen-bond acceptors (Lipinski definition) is 22.